The molecule has 0 bridgehead atoms. The molecule has 28 heavy (non-hydrogen) atoms. The zero-order valence-corrected chi connectivity index (χ0v) is 19.7. The van der Waals surface area contributed by atoms with Crippen molar-refractivity contribution in [3.8, 4) is 5.75 Å². The van der Waals surface area contributed by atoms with E-state index in [0.29, 0.717) is 13.2 Å². The summed E-state index contributed by atoms with van der Waals surface area (Å²) in [6, 6.07) is 8.48. The summed E-state index contributed by atoms with van der Waals surface area (Å²) < 4.78 is 11.6. The van der Waals surface area contributed by atoms with Crippen LogP contribution in [0.1, 0.15) is 30.0 Å². The van der Waals surface area contributed by atoms with Gasteiger partial charge in [0.15, 0.2) is 5.96 Å². The Morgan fingerprint density at radius 2 is 2.21 bits per heavy atom. The monoisotopic (exact) mass is 515 g/mol. The molecule has 1 atom stereocenters. The molecule has 0 saturated carbocycles. The van der Waals surface area contributed by atoms with E-state index < -0.39 is 0 Å². The van der Waals surface area contributed by atoms with Crippen LogP contribution in [0, 0.1) is 6.92 Å². The lowest BCUT2D eigenvalue weighted by Crippen LogP contribution is -2.38. The van der Waals surface area contributed by atoms with Crippen molar-refractivity contribution >= 4 is 41.3 Å². The molecule has 2 heterocycles. The Labute approximate surface area is 189 Å². The fourth-order valence-corrected chi connectivity index (χ4v) is 3.66. The molecule has 1 fully saturated rings. The van der Waals surface area contributed by atoms with Gasteiger partial charge in [0, 0.05) is 25.1 Å². The third-order valence-electron chi connectivity index (χ3n) is 4.44. The van der Waals surface area contributed by atoms with E-state index in [2.05, 4.69) is 59.5 Å². The highest BCUT2D eigenvalue weighted by atomic mass is 127. The summed E-state index contributed by atoms with van der Waals surface area (Å²) in [5, 5.41) is 11.0. The number of aliphatic imine (C=N–C) groups is 1. The van der Waals surface area contributed by atoms with E-state index in [4.69, 9.17) is 14.5 Å². The molecule has 7 heteroatoms. The predicted molar refractivity (Wildman–Crippen MR) is 127 cm³/mol. The van der Waals surface area contributed by atoms with Gasteiger partial charge in [0.25, 0.3) is 0 Å². The first-order valence-corrected chi connectivity index (χ1v) is 10.6. The molecule has 2 aromatic rings. The van der Waals surface area contributed by atoms with Gasteiger partial charge in [-0.15, -0.1) is 24.0 Å². The summed E-state index contributed by atoms with van der Waals surface area (Å²) in [5.41, 5.74) is 3.65. The van der Waals surface area contributed by atoms with Gasteiger partial charge in [-0.05, 0) is 54.3 Å². The molecule has 0 radical (unpaired) electrons. The smallest absolute Gasteiger partial charge is 0.191 e. The fourth-order valence-electron chi connectivity index (χ4n) is 2.95. The van der Waals surface area contributed by atoms with Gasteiger partial charge in [-0.3, -0.25) is 0 Å². The molecule has 1 saturated heterocycles. The maximum atomic E-state index is 6.18. The average Bonchev–Trinajstić information content (AvgIpc) is 3.35. The van der Waals surface area contributed by atoms with Gasteiger partial charge in [-0.1, -0.05) is 12.1 Å². The molecule has 0 amide bonds. The Morgan fingerprint density at radius 1 is 1.32 bits per heavy atom. The Bertz CT molecular complexity index is 731. The Morgan fingerprint density at radius 3 is 2.93 bits per heavy atom. The molecule has 1 aliphatic heterocycles. The quantitative estimate of drug-likeness (QED) is 0.315. The van der Waals surface area contributed by atoms with E-state index in [1.807, 2.05) is 0 Å². The summed E-state index contributed by atoms with van der Waals surface area (Å²) in [5.74, 6) is 1.76. The van der Waals surface area contributed by atoms with Crippen molar-refractivity contribution in [1.29, 1.82) is 0 Å². The summed E-state index contributed by atoms with van der Waals surface area (Å²) in [7, 11) is 0. The largest absolute Gasteiger partial charge is 0.488 e. The number of aryl methyl sites for hydroxylation is 1. The Kier molecular flexibility index (Phi) is 10.1. The van der Waals surface area contributed by atoms with Crippen molar-refractivity contribution in [2.75, 3.05) is 26.3 Å². The van der Waals surface area contributed by atoms with Crippen molar-refractivity contribution in [3.05, 3.63) is 51.7 Å². The number of nitrogens with zero attached hydrogens (tertiary/aromatic N) is 1. The summed E-state index contributed by atoms with van der Waals surface area (Å²) in [4.78, 5) is 4.75. The van der Waals surface area contributed by atoms with Gasteiger partial charge in [0.1, 0.15) is 11.9 Å². The molecule has 1 aliphatic rings. The highest BCUT2D eigenvalue weighted by Gasteiger charge is 2.18. The maximum absolute atomic E-state index is 6.18. The highest BCUT2D eigenvalue weighted by molar-refractivity contribution is 14.0. The zero-order valence-electron chi connectivity index (χ0n) is 16.6. The van der Waals surface area contributed by atoms with Crippen LogP contribution in [0.25, 0.3) is 0 Å². The molecule has 3 rings (SSSR count). The molecule has 1 aromatic carbocycles. The van der Waals surface area contributed by atoms with Crippen LogP contribution in [0.2, 0.25) is 0 Å². The summed E-state index contributed by atoms with van der Waals surface area (Å²) in [6.07, 6.45) is 2.09. The number of halogens is 1. The average molecular weight is 515 g/mol. The standard InChI is InChI=1S/C21H29N3O2S.HI/c1-3-22-21(23-9-6-17-8-11-27-15-17)24-13-18-5-4-16(2)12-20(18)26-19-7-10-25-14-19;/h4-5,8,11-12,15,19H,3,6-7,9-10,13-14H2,1-2H3,(H2,22,23,24);1H. The number of ether oxygens (including phenoxy) is 2. The molecule has 0 aliphatic carbocycles. The van der Waals surface area contributed by atoms with Crippen LogP contribution < -0.4 is 15.4 Å². The number of nitrogens with one attached hydrogen (secondary N) is 2. The third kappa shape index (κ3) is 7.25. The number of benzene rings is 1. The number of hydrogen-bond acceptors (Lipinski definition) is 4. The van der Waals surface area contributed by atoms with Crippen LogP contribution in [0.4, 0.5) is 0 Å². The lowest BCUT2D eigenvalue weighted by atomic mass is 10.1. The molecule has 1 aromatic heterocycles. The molecule has 2 N–H and O–H groups in total. The number of rotatable bonds is 8. The van der Waals surface area contributed by atoms with Crippen molar-refractivity contribution in [3.63, 3.8) is 0 Å². The minimum Gasteiger partial charge on any atom is -0.488 e. The van der Waals surface area contributed by atoms with E-state index in [1.54, 1.807) is 11.3 Å². The normalized spacial score (nSPS) is 16.5. The molecule has 5 nitrogen and oxygen atoms in total. The maximum Gasteiger partial charge on any atom is 0.191 e. The minimum atomic E-state index is 0. The van der Waals surface area contributed by atoms with Gasteiger partial charge < -0.3 is 20.1 Å². The van der Waals surface area contributed by atoms with Crippen molar-refractivity contribution in [2.24, 2.45) is 4.99 Å². The number of thiophene rings is 1. The van der Waals surface area contributed by atoms with Crippen molar-refractivity contribution in [2.45, 2.75) is 39.3 Å². The van der Waals surface area contributed by atoms with E-state index in [1.165, 1.54) is 11.1 Å². The first-order chi connectivity index (χ1) is 13.2. The molecule has 154 valence electrons. The van der Waals surface area contributed by atoms with Gasteiger partial charge in [0.2, 0.25) is 0 Å². The van der Waals surface area contributed by atoms with E-state index in [-0.39, 0.29) is 30.1 Å². The van der Waals surface area contributed by atoms with Crippen molar-refractivity contribution < 1.29 is 9.47 Å². The predicted octanol–water partition coefficient (Wildman–Crippen LogP) is 4.14. The van der Waals surface area contributed by atoms with Gasteiger partial charge in [0.05, 0.1) is 19.8 Å². The van der Waals surface area contributed by atoms with E-state index in [0.717, 1.165) is 49.8 Å². The number of hydrogen-bond donors (Lipinski definition) is 2. The van der Waals surface area contributed by atoms with Crippen LogP contribution in [0.5, 0.6) is 5.75 Å². The third-order valence-corrected chi connectivity index (χ3v) is 5.17. The van der Waals surface area contributed by atoms with Gasteiger partial charge in [-0.2, -0.15) is 11.3 Å². The number of guanidine groups is 1. The first-order valence-electron chi connectivity index (χ1n) is 9.61. The Balaban J connectivity index is 0.00000280. The zero-order chi connectivity index (χ0) is 18.9. The lowest BCUT2D eigenvalue weighted by molar-refractivity contribution is 0.140. The highest BCUT2D eigenvalue weighted by Crippen LogP contribution is 2.24. The van der Waals surface area contributed by atoms with Crippen LogP contribution in [0.15, 0.2) is 40.0 Å². The second-order valence-corrected chi connectivity index (χ2v) is 7.50. The topological polar surface area (TPSA) is 54.9 Å². The first kappa shape index (κ1) is 23.0. The molecule has 1 unspecified atom stereocenters. The summed E-state index contributed by atoms with van der Waals surface area (Å²) >= 11 is 1.74. The SMILES string of the molecule is CCNC(=NCc1ccc(C)cc1OC1CCOC1)NCCc1ccsc1.I. The van der Waals surface area contributed by atoms with Crippen molar-refractivity contribution in [1.82, 2.24) is 10.6 Å². The second-order valence-electron chi connectivity index (χ2n) is 6.72. The van der Waals surface area contributed by atoms with Crippen LogP contribution in [0.3, 0.4) is 0 Å². The van der Waals surface area contributed by atoms with Gasteiger partial charge >= 0.3 is 0 Å². The van der Waals surface area contributed by atoms with Crippen LogP contribution in [-0.4, -0.2) is 38.4 Å². The molecular weight excluding hydrogens is 485 g/mol. The minimum absolute atomic E-state index is 0. The lowest BCUT2D eigenvalue weighted by Gasteiger charge is -2.16. The molecular formula is C21H30IN3O2S. The van der Waals surface area contributed by atoms with E-state index in [9.17, 15) is 0 Å². The fraction of sp³-hybridized carbons (Fsp3) is 0.476. The summed E-state index contributed by atoms with van der Waals surface area (Å²) in [6.45, 7) is 7.89. The second kappa shape index (κ2) is 12.3. The van der Waals surface area contributed by atoms with E-state index >= 15 is 0 Å². The molecule has 0 spiro atoms. The van der Waals surface area contributed by atoms with Gasteiger partial charge in [-0.25, -0.2) is 4.99 Å². The van der Waals surface area contributed by atoms with Crippen LogP contribution in [-0.2, 0) is 17.7 Å². The Hall–Kier alpha value is -1.32. The van der Waals surface area contributed by atoms with Crippen LogP contribution >= 0.6 is 35.3 Å².